The van der Waals surface area contributed by atoms with Crippen LogP contribution in [-0.4, -0.2) is 79.7 Å². The second-order valence-electron chi connectivity index (χ2n) is 4.46. The Morgan fingerprint density at radius 2 is 2.42 bits per heavy atom. The molecule has 112 valence electrons. The topological polar surface area (TPSA) is 44.8 Å². The maximum Gasteiger partial charge on any atom is 0.291 e. The Morgan fingerprint density at radius 1 is 1.63 bits per heavy atom. The SMILES string of the molecule is CSCNCCN1CCO[C@@H](CN(C)C(=O)SS)C1. The molecule has 5 nitrogen and oxygen atoms in total. The van der Waals surface area contributed by atoms with Gasteiger partial charge in [-0.25, -0.2) is 0 Å². The van der Waals surface area contributed by atoms with Gasteiger partial charge in [0.15, 0.2) is 0 Å². The predicted molar refractivity (Wildman–Crippen MR) is 87.2 cm³/mol. The molecule has 0 radical (unpaired) electrons. The molecule has 0 spiro atoms. The van der Waals surface area contributed by atoms with Crippen LogP contribution in [0.3, 0.4) is 0 Å². The van der Waals surface area contributed by atoms with Crippen molar-refractivity contribution in [2.45, 2.75) is 6.10 Å². The quantitative estimate of drug-likeness (QED) is 0.318. The van der Waals surface area contributed by atoms with Gasteiger partial charge < -0.3 is 15.0 Å². The molecule has 0 saturated carbocycles. The minimum atomic E-state index is -0.0364. The molecule has 0 aromatic heterocycles. The summed E-state index contributed by atoms with van der Waals surface area (Å²) in [6.45, 7) is 5.24. The fourth-order valence-corrected chi connectivity index (χ4v) is 2.94. The average molecular weight is 326 g/mol. The van der Waals surface area contributed by atoms with Crippen LogP contribution in [0.25, 0.3) is 0 Å². The maximum absolute atomic E-state index is 11.4. The molecule has 0 bridgehead atoms. The molecule has 0 unspecified atom stereocenters. The summed E-state index contributed by atoms with van der Waals surface area (Å²) in [5, 5.41) is 3.33. The van der Waals surface area contributed by atoms with E-state index in [0.29, 0.717) is 6.54 Å². The Labute approximate surface area is 129 Å². The van der Waals surface area contributed by atoms with Crippen molar-refractivity contribution < 1.29 is 9.53 Å². The molecular formula is C11H23N3O2S3. The molecule has 1 heterocycles. The molecule has 1 aliphatic heterocycles. The molecule has 8 heteroatoms. The van der Waals surface area contributed by atoms with E-state index in [0.717, 1.165) is 49.5 Å². The van der Waals surface area contributed by atoms with E-state index < -0.39 is 0 Å². The first-order chi connectivity index (χ1) is 9.17. The smallest absolute Gasteiger partial charge is 0.291 e. The van der Waals surface area contributed by atoms with Gasteiger partial charge in [-0.2, -0.15) is 0 Å². The van der Waals surface area contributed by atoms with Gasteiger partial charge in [0.05, 0.1) is 12.7 Å². The third-order valence-corrected chi connectivity index (χ3v) is 4.37. The van der Waals surface area contributed by atoms with Crippen LogP contribution in [0.1, 0.15) is 0 Å². The van der Waals surface area contributed by atoms with Gasteiger partial charge in [0, 0.05) is 56.4 Å². The van der Waals surface area contributed by atoms with Crippen LogP contribution in [0.4, 0.5) is 4.79 Å². The zero-order valence-electron chi connectivity index (χ0n) is 11.5. The van der Waals surface area contributed by atoms with Crippen molar-refractivity contribution in [1.29, 1.82) is 0 Å². The third kappa shape index (κ3) is 7.10. The van der Waals surface area contributed by atoms with Crippen molar-refractivity contribution in [1.82, 2.24) is 15.1 Å². The van der Waals surface area contributed by atoms with Gasteiger partial charge in [-0.3, -0.25) is 9.69 Å². The van der Waals surface area contributed by atoms with Gasteiger partial charge >= 0.3 is 0 Å². The number of carbonyl (C=O) groups is 1. The molecule has 19 heavy (non-hydrogen) atoms. The highest BCUT2D eigenvalue weighted by Crippen LogP contribution is 2.13. The molecule has 1 amide bonds. The second-order valence-corrected chi connectivity index (χ2v) is 6.41. The lowest BCUT2D eigenvalue weighted by Crippen LogP contribution is -2.48. The molecule has 0 aromatic carbocycles. The monoisotopic (exact) mass is 325 g/mol. The van der Waals surface area contributed by atoms with E-state index in [4.69, 9.17) is 4.74 Å². The normalized spacial score (nSPS) is 20.5. The average Bonchev–Trinajstić information content (AvgIpc) is 2.43. The highest BCUT2D eigenvalue weighted by Gasteiger charge is 2.22. The van der Waals surface area contributed by atoms with E-state index in [2.05, 4.69) is 28.1 Å². The number of rotatable bonds is 7. The lowest BCUT2D eigenvalue weighted by Gasteiger charge is -2.34. The van der Waals surface area contributed by atoms with Gasteiger partial charge in [-0.05, 0) is 6.26 Å². The summed E-state index contributed by atoms with van der Waals surface area (Å²) >= 11 is 5.72. The molecule has 1 saturated heterocycles. The van der Waals surface area contributed by atoms with Gasteiger partial charge in [0.25, 0.3) is 5.24 Å². The van der Waals surface area contributed by atoms with Crippen molar-refractivity contribution in [3.63, 3.8) is 0 Å². The van der Waals surface area contributed by atoms with E-state index in [1.807, 2.05) is 0 Å². The summed E-state index contributed by atoms with van der Waals surface area (Å²) in [7, 11) is 2.73. The number of amides is 1. The summed E-state index contributed by atoms with van der Waals surface area (Å²) in [6.07, 6.45) is 2.19. The number of hydrogen-bond donors (Lipinski definition) is 2. The Hall–Kier alpha value is 0.400. The fraction of sp³-hybridized carbons (Fsp3) is 0.909. The highest BCUT2D eigenvalue weighted by molar-refractivity contribution is 8.74. The van der Waals surface area contributed by atoms with Crippen molar-refractivity contribution in [2.75, 3.05) is 58.5 Å². The summed E-state index contributed by atoms with van der Waals surface area (Å²) in [6, 6.07) is 0. The van der Waals surface area contributed by atoms with Gasteiger partial charge in [-0.1, -0.05) is 0 Å². The largest absolute Gasteiger partial charge is 0.374 e. The molecule has 1 fully saturated rings. The fourth-order valence-electron chi connectivity index (χ4n) is 1.96. The molecule has 1 rings (SSSR count). The van der Waals surface area contributed by atoms with Crippen LogP contribution < -0.4 is 5.32 Å². The molecule has 1 aliphatic rings. The Kier molecular flexibility index (Phi) is 9.34. The number of thioether (sulfide) groups is 1. The molecule has 1 N–H and O–H groups in total. The van der Waals surface area contributed by atoms with Crippen molar-refractivity contribution in [3.8, 4) is 0 Å². The van der Waals surface area contributed by atoms with Gasteiger partial charge in [0.1, 0.15) is 0 Å². The standard InChI is InChI=1S/C11H23N3O2S3/c1-13(11(15)19-17)7-10-8-14(5-6-16-10)4-3-12-9-18-2/h10,12,17H,3-9H2,1-2H3/t10-/m0/s1. The van der Waals surface area contributed by atoms with Crippen LogP contribution in [-0.2, 0) is 4.74 Å². The minimum Gasteiger partial charge on any atom is -0.374 e. The lowest BCUT2D eigenvalue weighted by atomic mass is 10.2. The molecular weight excluding hydrogens is 302 g/mol. The number of ether oxygens (including phenoxy) is 1. The predicted octanol–water partition coefficient (Wildman–Crippen LogP) is 1.23. The molecule has 1 atom stereocenters. The van der Waals surface area contributed by atoms with Crippen LogP contribution in [0.5, 0.6) is 0 Å². The van der Waals surface area contributed by atoms with Gasteiger partial charge in [-0.15, -0.1) is 23.4 Å². The number of morpholine rings is 1. The number of nitrogens with one attached hydrogen (secondary N) is 1. The first kappa shape index (κ1) is 17.5. The number of nitrogens with zero attached hydrogens (tertiary/aromatic N) is 2. The minimum absolute atomic E-state index is 0.0364. The first-order valence-electron chi connectivity index (χ1n) is 6.27. The number of hydrogen-bond acceptors (Lipinski definition) is 7. The highest BCUT2D eigenvalue weighted by atomic mass is 33.1. The zero-order chi connectivity index (χ0) is 14.1. The summed E-state index contributed by atoms with van der Waals surface area (Å²) in [5.74, 6) is 0.990. The van der Waals surface area contributed by atoms with E-state index >= 15 is 0 Å². The Balaban J connectivity index is 2.23. The van der Waals surface area contributed by atoms with E-state index in [1.165, 1.54) is 0 Å². The third-order valence-electron chi connectivity index (χ3n) is 2.94. The van der Waals surface area contributed by atoms with Crippen LogP contribution >= 0.6 is 34.2 Å². The van der Waals surface area contributed by atoms with E-state index in [9.17, 15) is 4.79 Å². The Morgan fingerprint density at radius 3 is 3.11 bits per heavy atom. The Bertz CT molecular complexity index is 272. The summed E-state index contributed by atoms with van der Waals surface area (Å²) in [5.41, 5.74) is 0. The second kappa shape index (κ2) is 10.2. The summed E-state index contributed by atoms with van der Waals surface area (Å²) in [4.78, 5) is 15.5. The van der Waals surface area contributed by atoms with Crippen LogP contribution in [0.2, 0.25) is 0 Å². The number of likely N-dealkylation sites (N-methyl/N-ethyl adjacent to an activating group) is 1. The summed E-state index contributed by atoms with van der Waals surface area (Å²) < 4.78 is 5.71. The number of carbonyl (C=O) groups excluding carboxylic acids is 1. The maximum atomic E-state index is 11.4. The van der Waals surface area contributed by atoms with Crippen LogP contribution in [0.15, 0.2) is 0 Å². The molecule has 0 aliphatic carbocycles. The van der Waals surface area contributed by atoms with Crippen molar-refractivity contribution >= 4 is 39.5 Å². The lowest BCUT2D eigenvalue weighted by molar-refractivity contribution is -0.0349. The van der Waals surface area contributed by atoms with Crippen molar-refractivity contribution in [3.05, 3.63) is 0 Å². The van der Waals surface area contributed by atoms with Crippen LogP contribution in [0, 0.1) is 0 Å². The first-order valence-corrected chi connectivity index (χ1v) is 9.53. The van der Waals surface area contributed by atoms with Crippen molar-refractivity contribution in [2.24, 2.45) is 0 Å². The zero-order valence-corrected chi connectivity index (χ0v) is 14.0. The van der Waals surface area contributed by atoms with Gasteiger partial charge in [0.2, 0.25) is 0 Å². The van der Waals surface area contributed by atoms with E-state index in [1.54, 1.807) is 23.7 Å². The molecule has 0 aromatic rings. The number of thiol groups is 1. The van der Waals surface area contributed by atoms with E-state index in [-0.39, 0.29) is 11.3 Å².